The third-order valence-electron chi connectivity index (χ3n) is 8.75. The molecule has 2 aromatic rings. The lowest BCUT2D eigenvalue weighted by Crippen LogP contribution is -2.41. The topological polar surface area (TPSA) is 108 Å². The van der Waals surface area contributed by atoms with Crippen molar-refractivity contribution in [3.8, 4) is 5.75 Å². The van der Waals surface area contributed by atoms with Gasteiger partial charge in [-0.25, -0.2) is 4.79 Å². The molecule has 3 atom stereocenters. The molecule has 9 heteroatoms. The molecule has 0 spiro atoms. The molecule has 0 aromatic heterocycles. The Morgan fingerprint density at radius 3 is 2.36 bits per heavy atom. The molecule has 1 aliphatic rings. The molecular formula is C35H44INO7. The van der Waals surface area contributed by atoms with Crippen LogP contribution in [0.5, 0.6) is 5.75 Å². The van der Waals surface area contributed by atoms with Crippen molar-refractivity contribution < 1.29 is 29.0 Å². The predicted octanol–water partition coefficient (Wildman–Crippen LogP) is 8.53. The minimum absolute atomic E-state index is 0.0860. The van der Waals surface area contributed by atoms with Crippen molar-refractivity contribution in [1.82, 2.24) is 0 Å². The highest BCUT2D eigenvalue weighted by atomic mass is 127. The van der Waals surface area contributed by atoms with Gasteiger partial charge in [-0.2, -0.15) is 0 Å². The summed E-state index contributed by atoms with van der Waals surface area (Å²) in [7, 11) is 1.63. The van der Waals surface area contributed by atoms with E-state index in [4.69, 9.17) is 14.2 Å². The van der Waals surface area contributed by atoms with Crippen LogP contribution >= 0.6 is 22.6 Å². The number of nitrogens with zero attached hydrogens (tertiary/aromatic N) is 1. The SMILES string of the molecule is COc1ccc(COCC2=C(COC(=O)c3ccc([N+](=O)[O-])cc3)[C@@H](O)C[C@@H](C)[C@@]2(C)CC/C(C)=C/CC/C(C)=C/I)cc1. The number of allylic oxidation sites excluding steroid dienone is 3. The van der Waals surface area contributed by atoms with Crippen LogP contribution in [0.1, 0.15) is 75.7 Å². The van der Waals surface area contributed by atoms with Crippen LogP contribution in [0, 0.1) is 21.4 Å². The van der Waals surface area contributed by atoms with Gasteiger partial charge in [0.1, 0.15) is 12.4 Å². The number of hydrogen-bond acceptors (Lipinski definition) is 7. The van der Waals surface area contributed by atoms with Gasteiger partial charge >= 0.3 is 5.97 Å². The van der Waals surface area contributed by atoms with Gasteiger partial charge in [-0.05, 0) is 102 Å². The number of hydrogen-bond donors (Lipinski definition) is 1. The summed E-state index contributed by atoms with van der Waals surface area (Å²) in [5, 5.41) is 22.3. The van der Waals surface area contributed by atoms with Gasteiger partial charge in [-0.1, -0.05) is 65.8 Å². The van der Waals surface area contributed by atoms with Gasteiger partial charge < -0.3 is 19.3 Å². The first-order valence-electron chi connectivity index (χ1n) is 14.9. The molecule has 0 heterocycles. The first kappa shape index (κ1) is 35.5. The van der Waals surface area contributed by atoms with E-state index in [0.29, 0.717) is 18.6 Å². The maximum absolute atomic E-state index is 12.9. The number of rotatable bonds is 15. The number of halogens is 1. The fraction of sp³-hybridized carbons (Fsp3) is 0.457. The fourth-order valence-corrected chi connectivity index (χ4v) is 5.85. The summed E-state index contributed by atoms with van der Waals surface area (Å²) in [6.07, 6.45) is 5.89. The number of aliphatic hydroxyl groups is 1. The number of carbonyl (C=O) groups excluding carboxylic acids is 1. The summed E-state index contributed by atoms with van der Waals surface area (Å²) in [5.41, 5.74) is 5.14. The maximum atomic E-state index is 12.9. The first-order chi connectivity index (χ1) is 21.0. The van der Waals surface area contributed by atoms with E-state index in [-0.39, 0.29) is 35.8 Å². The molecule has 0 bridgehead atoms. The first-order valence-corrected chi connectivity index (χ1v) is 16.2. The molecule has 2 aromatic carbocycles. The average molecular weight is 718 g/mol. The van der Waals surface area contributed by atoms with Crippen LogP contribution < -0.4 is 4.74 Å². The standard InChI is InChI=1S/C35H44INO7/c1-24(7-6-8-25(2)20-36)17-18-35(4)26(3)19-33(38)31(22-44-34(39)28-11-13-29(14-12-28)37(40)41)32(35)23-43-21-27-9-15-30(42-5)16-10-27/h7,9-16,20,26,33,38H,6,8,17-19,21-23H2,1-5H3/b24-7+,25-20+/t26-,33+,35-/m1/s1. The van der Waals surface area contributed by atoms with E-state index < -0.39 is 17.0 Å². The number of benzene rings is 2. The zero-order valence-corrected chi connectivity index (χ0v) is 28.5. The summed E-state index contributed by atoms with van der Waals surface area (Å²) in [5.74, 6) is 0.338. The summed E-state index contributed by atoms with van der Waals surface area (Å²) in [4.78, 5) is 23.4. The molecule has 0 amide bonds. The molecule has 0 unspecified atom stereocenters. The highest BCUT2D eigenvalue weighted by Gasteiger charge is 2.43. The number of esters is 1. The molecule has 3 rings (SSSR count). The minimum Gasteiger partial charge on any atom is -0.497 e. The van der Waals surface area contributed by atoms with Crippen LogP contribution in [0.3, 0.4) is 0 Å². The summed E-state index contributed by atoms with van der Waals surface area (Å²) < 4.78 is 19.3. The van der Waals surface area contributed by atoms with Gasteiger partial charge in [0, 0.05) is 12.1 Å². The third kappa shape index (κ3) is 9.74. The van der Waals surface area contributed by atoms with E-state index in [2.05, 4.69) is 60.4 Å². The lowest BCUT2D eigenvalue weighted by molar-refractivity contribution is -0.384. The summed E-state index contributed by atoms with van der Waals surface area (Å²) in [6.45, 7) is 9.29. The van der Waals surface area contributed by atoms with E-state index >= 15 is 0 Å². The Morgan fingerprint density at radius 2 is 1.75 bits per heavy atom. The van der Waals surface area contributed by atoms with E-state index in [1.54, 1.807) is 7.11 Å². The molecule has 0 saturated heterocycles. The number of methoxy groups -OCH3 is 1. The average Bonchev–Trinajstić information content (AvgIpc) is 3.02. The number of carbonyl (C=O) groups is 1. The number of nitro groups is 1. The van der Waals surface area contributed by atoms with E-state index in [1.165, 1.54) is 35.4 Å². The van der Waals surface area contributed by atoms with Crippen molar-refractivity contribution in [3.63, 3.8) is 0 Å². The lowest BCUT2D eigenvalue weighted by atomic mass is 9.62. The Balaban J connectivity index is 1.84. The van der Waals surface area contributed by atoms with E-state index in [1.807, 2.05) is 24.3 Å². The molecule has 44 heavy (non-hydrogen) atoms. The molecule has 1 N–H and O–H groups in total. The quantitative estimate of drug-likeness (QED) is 0.0647. The highest BCUT2D eigenvalue weighted by molar-refractivity contribution is 14.1. The number of ether oxygens (including phenoxy) is 3. The summed E-state index contributed by atoms with van der Waals surface area (Å²) >= 11 is 2.28. The van der Waals surface area contributed by atoms with Gasteiger partial charge in [0.2, 0.25) is 0 Å². The highest BCUT2D eigenvalue weighted by Crippen LogP contribution is 2.49. The van der Waals surface area contributed by atoms with Gasteiger partial charge in [0.25, 0.3) is 5.69 Å². The van der Waals surface area contributed by atoms with Crippen LogP contribution in [-0.4, -0.2) is 42.4 Å². The summed E-state index contributed by atoms with van der Waals surface area (Å²) in [6, 6.07) is 13.0. The van der Waals surface area contributed by atoms with Crippen LogP contribution in [0.25, 0.3) is 0 Å². The van der Waals surface area contributed by atoms with Crippen molar-refractivity contribution in [3.05, 3.63) is 102 Å². The van der Waals surface area contributed by atoms with E-state index in [0.717, 1.165) is 42.6 Å². The fourth-order valence-electron chi connectivity index (χ4n) is 5.54. The van der Waals surface area contributed by atoms with Gasteiger partial charge in [0.05, 0.1) is 36.9 Å². The Kier molecular flexibility index (Phi) is 13.6. The second kappa shape index (κ2) is 16.9. The molecule has 0 radical (unpaired) electrons. The van der Waals surface area contributed by atoms with E-state index in [9.17, 15) is 20.0 Å². The van der Waals surface area contributed by atoms with Crippen molar-refractivity contribution in [2.24, 2.45) is 11.3 Å². The van der Waals surface area contributed by atoms with Crippen molar-refractivity contribution in [1.29, 1.82) is 0 Å². The Bertz CT molecular complexity index is 1360. The zero-order chi connectivity index (χ0) is 32.3. The van der Waals surface area contributed by atoms with Crippen molar-refractivity contribution >= 4 is 34.2 Å². The van der Waals surface area contributed by atoms with Gasteiger partial charge in [-0.15, -0.1) is 0 Å². The molecule has 0 aliphatic heterocycles. The number of nitro benzene ring substituents is 1. The normalized spacial score (nSPS) is 20.9. The number of non-ortho nitro benzene ring substituents is 1. The Labute approximate surface area is 274 Å². The monoisotopic (exact) mass is 717 g/mol. The Hall–Kier alpha value is -3.02. The van der Waals surface area contributed by atoms with Crippen LogP contribution in [0.15, 0.2) is 81.0 Å². The van der Waals surface area contributed by atoms with Gasteiger partial charge in [-0.3, -0.25) is 10.1 Å². The molecule has 0 fully saturated rings. The largest absolute Gasteiger partial charge is 0.497 e. The molecule has 8 nitrogen and oxygen atoms in total. The van der Waals surface area contributed by atoms with Gasteiger partial charge in [0.15, 0.2) is 0 Å². The van der Waals surface area contributed by atoms with Crippen LogP contribution in [0.2, 0.25) is 0 Å². The van der Waals surface area contributed by atoms with Crippen LogP contribution in [-0.2, 0) is 16.1 Å². The molecule has 1 aliphatic carbocycles. The number of aliphatic hydroxyl groups excluding tert-OH is 1. The Morgan fingerprint density at radius 1 is 1.07 bits per heavy atom. The zero-order valence-electron chi connectivity index (χ0n) is 26.3. The molecule has 0 saturated carbocycles. The maximum Gasteiger partial charge on any atom is 0.338 e. The van der Waals surface area contributed by atoms with Crippen molar-refractivity contribution in [2.75, 3.05) is 20.3 Å². The van der Waals surface area contributed by atoms with Crippen LogP contribution in [0.4, 0.5) is 5.69 Å². The third-order valence-corrected chi connectivity index (χ3v) is 9.81. The minimum atomic E-state index is -0.776. The molecule has 238 valence electrons. The predicted molar refractivity (Wildman–Crippen MR) is 181 cm³/mol. The lowest BCUT2D eigenvalue weighted by Gasteiger charge is -2.45. The molecular weight excluding hydrogens is 673 g/mol. The second-order valence-corrected chi connectivity index (χ2v) is 12.5. The van der Waals surface area contributed by atoms with Crippen molar-refractivity contribution in [2.45, 2.75) is 72.5 Å². The smallest absolute Gasteiger partial charge is 0.338 e. The second-order valence-electron chi connectivity index (χ2n) is 11.8.